The number of nitrogens with zero attached hydrogens (tertiary/aromatic N) is 2. The quantitative estimate of drug-likeness (QED) is 0.264. The first-order valence-electron chi connectivity index (χ1n) is 13.6. The number of carbonyl (C=O) groups is 2. The van der Waals surface area contributed by atoms with Crippen molar-refractivity contribution < 1.29 is 31.2 Å². The van der Waals surface area contributed by atoms with Gasteiger partial charge in [0.1, 0.15) is 12.6 Å². The number of anilines is 1. The first-order chi connectivity index (χ1) is 20.1. The van der Waals surface area contributed by atoms with E-state index >= 15 is 0 Å². The van der Waals surface area contributed by atoms with Crippen LogP contribution < -0.4 is 9.62 Å². The lowest BCUT2D eigenvalue weighted by Gasteiger charge is -2.34. The van der Waals surface area contributed by atoms with E-state index in [0.717, 1.165) is 29.5 Å². The number of alkyl halides is 3. The molecule has 1 N–H and O–H groups in total. The number of aryl methyl sites for hydroxylation is 1. The minimum atomic E-state index is -4.78. The van der Waals surface area contributed by atoms with Crippen molar-refractivity contribution >= 4 is 39.1 Å². The van der Waals surface area contributed by atoms with E-state index in [1.807, 2.05) is 51.1 Å². The highest BCUT2D eigenvalue weighted by Crippen LogP contribution is 2.36. The lowest BCUT2D eigenvalue weighted by atomic mass is 10.0. The molecule has 12 heteroatoms. The summed E-state index contributed by atoms with van der Waals surface area (Å²) in [4.78, 5) is 29.1. The standard InChI is InChI=1S/C31H35ClF3N3O4S/c1-5-22(3)36-30(40)28(17-23-12-7-6-8-13-23)37(19-24-14-10-9-11-21(24)2)29(39)20-38(43(4,41)42)27-18-25(31(33,34)35)15-16-26(27)32/h6-16,18,22,28H,5,17,19-20H2,1-4H3,(H,36,40)/t22-,28+/m1/s1. The summed E-state index contributed by atoms with van der Waals surface area (Å²) in [6, 6.07) is 17.3. The molecule has 0 aliphatic heterocycles. The Hall–Kier alpha value is -3.57. The topological polar surface area (TPSA) is 86.8 Å². The summed E-state index contributed by atoms with van der Waals surface area (Å²) in [6.45, 7) is 4.63. The molecule has 3 aromatic carbocycles. The van der Waals surface area contributed by atoms with Crippen molar-refractivity contribution in [2.24, 2.45) is 0 Å². The van der Waals surface area contributed by atoms with Gasteiger partial charge >= 0.3 is 6.18 Å². The molecular weight excluding hydrogens is 603 g/mol. The summed E-state index contributed by atoms with van der Waals surface area (Å²) >= 11 is 6.19. The maximum absolute atomic E-state index is 14.1. The largest absolute Gasteiger partial charge is 0.416 e. The second-order valence-electron chi connectivity index (χ2n) is 10.4. The zero-order chi connectivity index (χ0) is 31.9. The highest BCUT2D eigenvalue weighted by molar-refractivity contribution is 7.92. The number of carbonyl (C=O) groups excluding carboxylic acids is 2. The number of benzene rings is 3. The van der Waals surface area contributed by atoms with E-state index in [-0.39, 0.29) is 24.0 Å². The van der Waals surface area contributed by atoms with Crippen LogP contribution in [0.5, 0.6) is 0 Å². The van der Waals surface area contributed by atoms with Crippen molar-refractivity contribution in [2.45, 2.75) is 58.4 Å². The van der Waals surface area contributed by atoms with Crippen molar-refractivity contribution in [1.29, 1.82) is 0 Å². The van der Waals surface area contributed by atoms with E-state index in [4.69, 9.17) is 11.6 Å². The fraction of sp³-hybridized carbons (Fsp3) is 0.355. The van der Waals surface area contributed by atoms with Gasteiger partial charge in [-0.3, -0.25) is 13.9 Å². The van der Waals surface area contributed by atoms with Crippen molar-refractivity contribution in [1.82, 2.24) is 10.2 Å². The molecule has 43 heavy (non-hydrogen) atoms. The Kier molecular flexibility index (Phi) is 11.3. The summed E-state index contributed by atoms with van der Waals surface area (Å²) < 4.78 is 67.0. The van der Waals surface area contributed by atoms with Crippen molar-refractivity contribution in [3.05, 3.63) is 100 Å². The lowest BCUT2D eigenvalue weighted by Crippen LogP contribution is -2.54. The minimum absolute atomic E-state index is 0.0507. The third kappa shape index (κ3) is 9.21. The monoisotopic (exact) mass is 637 g/mol. The molecule has 0 aliphatic rings. The van der Waals surface area contributed by atoms with E-state index in [9.17, 15) is 31.2 Å². The molecule has 0 heterocycles. The van der Waals surface area contributed by atoms with E-state index in [1.54, 1.807) is 24.3 Å². The van der Waals surface area contributed by atoms with Crippen LogP contribution in [-0.2, 0) is 38.8 Å². The number of hydrogen-bond acceptors (Lipinski definition) is 4. The van der Waals surface area contributed by atoms with Crippen LogP contribution in [0.3, 0.4) is 0 Å². The van der Waals surface area contributed by atoms with Crippen LogP contribution in [0.2, 0.25) is 5.02 Å². The van der Waals surface area contributed by atoms with Gasteiger partial charge in [-0.1, -0.05) is 73.1 Å². The molecule has 0 saturated heterocycles. The number of rotatable bonds is 12. The average Bonchev–Trinajstić information content (AvgIpc) is 2.94. The second-order valence-corrected chi connectivity index (χ2v) is 12.7. The van der Waals surface area contributed by atoms with Gasteiger partial charge in [-0.25, -0.2) is 8.42 Å². The van der Waals surface area contributed by atoms with Crippen molar-refractivity contribution in [3.8, 4) is 0 Å². The van der Waals surface area contributed by atoms with Crippen LogP contribution in [0.1, 0.15) is 42.5 Å². The van der Waals surface area contributed by atoms with Crippen molar-refractivity contribution in [3.63, 3.8) is 0 Å². The highest BCUT2D eigenvalue weighted by Gasteiger charge is 2.36. The molecule has 0 fully saturated rings. The number of sulfonamides is 1. The molecule has 3 rings (SSSR count). The first-order valence-corrected chi connectivity index (χ1v) is 15.9. The molecule has 0 aromatic heterocycles. The summed E-state index contributed by atoms with van der Waals surface area (Å²) in [5.74, 6) is -1.23. The van der Waals surface area contributed by atoms with Gasteiger partial charge in [-0.05, 0) is 55.2 Å². The van der Waals surface area contributed by atoms with Crippen LogP contribution in [0.15, 0.2) is 72.8 Å². The molecule has 0 radical (unpaired) electrons. The van der Waals surface area contributed by atoms with Gasteiger partial charge in [0.2, 0.25) is 21.8 Å². The minimum Gasteiger partial charge on any atom is -0.352 e. The van der Waals surface area contributed by atoms with Gasteiger partial charge in [0, 0.05) is 19.0 Å². The number of amides is 2. The SMILES string of the molecule is CC[C@@H](C)NC(=O)[C@H](Cc1ccccc1)N(Cc1ccccc1C)C(=O)CN(c1cc(C(F)(F)F)ccc1Cl)S(C)(=O)=O. The zero-order valence-electron chi connectivity index (χ0n) is 24.4. The van der Waals surface area contributed by atoms with Crippen LogP contribution in [0.4, 0.5) is 18.9 Å². The van der Waals surface area contributed by atoms with Crippen molar-refractivity contribution in [2.75, 3.05) is 17.1 Å². The number of hydrogen-bond donors (Lipinski definition) is 1. The molecule has 3 aromatic rings. The summed E-state index contributed by atoms with van der Waals surface area (Å²) in [5.41, 5.74) is 0.692. The fourth-order valence-electron chi connectivity index (χ4n) is 4.44. The van der Waals surface area contributed by atoms with E-state index in [2.05, 4.69) is 5.32 Å². The molecule has 232 valence electrons. The third-order valence-corrected chi connectivity index (χ3v) is 8.54. The Balaban J connectivity index is 2.13. The summed E-state index contributed by atoms with van der Waals surface area (Å²) in [7, 11) is -4.31. The fourth-order valence-corrected chi connectivity index (χ4v) is 5.56. The highest BCUT2D eigenvalue weighted by atomic mass is 35.5. The lowest BCUT2D eigenvalue weighted by molar-refractivity contribution is -0.140. The molecule has 7 nitrogen and oxygen atoms in total. The summed E-state index contributed by atoms with van der Waals surface area (Å²) in [5, 5.41) is 2.64. The summed E-state index contributed by atoms with van der Waals surface area (Å²) in [6.07, 6.45) is -3.26. The normalized spacial score (nSPS) is 13.2. The maximum Gasteiger partial charge on any atom is 0.416 e. The molecule has 2 atom stereocenters. The molecule has 2 amide bonds. The molecular formula is C31H35ClF3N3O4S. The van der Waals surface area contributed by atoms with Gasteiger partial charge in [0.05, 0.1) is 22.5 Å². The second kappa shape index (κ2) is 14.3. The maximum atomic E-state index is 14.1. The molecule has 0 saturated carbocycles. The number of nitrogens with one attached hydrogen (secondary N) is 1. The van der Waals surface area contributed by atoms with E-state index in [1.165, 1.54) is 4.90 Å². The zero-order valence-corrected chi connectivity index (χ0v) is 25.9. The van der Waals surface area contributed by atoms with Gasteiger partial charge < -0.3 is 10.2 Å². The van der Waals surface area contributed by atoms with E-state index < -0.39 is 51.9 Å². The predicted octanol–water partition coefficient (Wildman–Crippen LogP) is 5.99. The smallest absolute Gasteiger partial charge is 0.352 e. The Bertz CT molecular complexity index is 1530. The van der Waals surface area contributed by atoms with E-state index in [0.29, 0.717) is 22.4 Å². The van der Waals surface area contributed by atoms with Crippen LogP contribution in [-0.4, -0.2) is 50.0 Å². The Morgan fingerprint density at radius 3 is 2.21 bits per heavy atom. The van der Waals surface area contributed by atoms with Crippen LogP contribution in [0.25, 0.3) is 0 Å². The predicted molar refractivity (Wildman–Crippen MR) is 162 cm³/mol. The molecule has 0 spiro atoms. The Morgan fingerprint density at radius 1 is 1.00 bits per heavy atom. The van der Waals surface area contributed by atoms with Gasteiger partial charge in [0.25, 0.3) is 0 Å². The molecule has 0 aliphatic carbocycles. The molecule has 0 unspecified atom stereocenters. The average molecular weight is 638 g/mol. The van der Waals surface area contributed by atoms with Crippen LogP contribution in [0, 0.1) is 6.92 Å². The third-order valence-electron chi connectivity index (χ3n) is 7.10. The van der Waals surface area contributed by atoms with Gasteiger partial charge in [-0.15, -0.1) is 0 Å². The van der Waals surface area contributed by atoms with Crippen LogP contribution >= 0.6 is 11.6 Å². The Labute approximate surface area is 255 Å². The van der Waals surface area contributed by atoms with Gasteiger partial charge in [-0.2, -0.15) is 13.2 Å². The molecule has 0 bridgehead atoms. The first kappa shape index (κ1) is 33.9. The number of halogens is 4. The Morgan fingerprint density at radius 2 is 1.63 bits per heavy atom. The van der Waals surface area contributed by atoms with Gasteiger partial charge in [0.15, 0.2) is 0 Å².